The van der Waals surface area contributed by atoms with E-state index in [4.69, 9.17) is 0 Å². The van der Waals surface area contributed by atoms with Crippen molar-refractivity contribution in [1.29, 1.82) is 0 Å². The highest BCUT2D eigenvalue weighted by atomic mass is 19.4. The molecule has 0 aromatic carbocycles. The van der Waals surface area contributed by atoms with Gasteiger partial charge in [-0.3, -0.25) is 4.90 Å². The fourth-order valence-corrected chi connectivity index (χ4v) is 3.30. The van der Waals surface area contributed by atoms with Gasteiger partial charge in [0.2, 0.25) is 0 Å². The first-order chi connectivity index (χ1) is 11.2. The number of piperidine rings is 1. The lowest BCUT2D eigenvalue weighted by Crippen LogP contribution is -2.40. The third-order valence-electron chi connectivity index (χ3n) is 4.36. The van der Waals surface area contributed by atoms with Crippen LogP contribution in [0.3, 0.4) is 0 Å². The molecule has 8 heteroatoms. The minimum Gasteiger partial charge on any atom is -0.392 e. The Bertz CT molecular complexity index is 496. The van der Waals surface area contributed by atoms with Crippen LogP contribution in [0.2, 0.25) is 0 Å². The first-order valence-corrected chi connectivity index (χ1v) is 8.38. The molecule has 1 aliphatic rings. The lowest BCUT2D eigenvalue weighted by atomic mass is 9.96. The molecular formula is C16H27F3N4O. The van der Waals surface area contributed by atoms with E-state index < -0.39 is 12.7 Å². The van der Waals surface area contributed by atoms with E-state index in [2.05, 4.69) is 9.88 Å². The second-order valence-electron chi connectivity index (χ2n) is 6.88. The van der Waals surface area contributed by atoms with Crippen molar-refractivity contribution in [3.05, 3.63) is 18.2 Å². The van der Waals surface area contributed by atoms with Crippen LogP contribution in [0.1, 0.15) is 25.6 Å². The number of rotatable bonds is 7. The molecule has 5 nitrogen and oxygen atoms in total. The van der Waals surface area contributed by atoms with Crippen LogP contribution >= 0.6 is 0 Å². The number of β-amino-alcohol motifs (C(OH)–C–C–N with tert-alkyl or cyclic N) is 1. The van der Waals surface area contributed by atoms with Crippen LogP contribution in [-0.4, -0.2) is 70.0 Å². The van der Waals surface area contributed by atoms with Crippen molar-refractivity contribution in [3.63, 3.8) is 0 Å². The fourth-order valence-electron chi connectivity index (χ4n) is 3.30. The van der Waals surface area contributed by atoms with Crippen LogP contribution in [0, 0.1) is 5.92 Å². The minimum absolute atomic E-state index is 0.309. The number of imidazole rings is 1. The standard InChI is InChI=1S/C16H27F3N4O/c1-13(24)9-22-6-3-14(4-7-22)10-21(2)11-15-20-5-8-23(15)12-16(17,18)19/h5,8,13-14,24H,3-4,6-7,9-12H2,1-2H3/t13-/m0/s1. The average molecular weight is 348 g/mol. The summed E-state index contributed by atoms with van der Waals surface area (Å²) < 4.78 is 38.8. The smallest absolute Gasteiger partial charge is 0.392 e. The highest BCUT2D eigenvalue weighted by molar-refractivity contribution is 4.93. The zero-order chi connectivity index (χ0) is 17.7. The van der Waals surface area contributed by atoms with Gasteiger partial charge in [-0.15, -0.1) is 0 Å². The summed E-state index contributed by atoms with van der Waals surface area (Å²) in [6.07, 6.45) is 0.360. The van der Waals surface area contributed by atoms with Crippen LogP contribution in [0.5, 0.6) is 0 Å². The van der Waals surface area contributed by atoms with E-state index in [0.29, 0.717) is 24.8 Å². The number of hydrogen-bond acceptors (Lipinski definition) is 4. The molecule has 1 aromatic rings. The van der Waals surface area contributed by atoms with Crippen LogP contribution in [0.25, 0.3) is 0 Å². The molecule has 1 saturated heterocycles. The maximum atomic E-state index is 12.6. The summed E-state index contributed by atoms with van der Waals surface area (Å²) in [6.45, 7) is 4.70. The van der Waals surface area contributed by atoms with Gasteiger partial charge in [-0.25, -0.2) is 4.98 Å². The van der Waals surface area contributed by atoms with E-state index in [1.54, 1.807) is 6.92 Å². The van der Waals surface area contributed by atoms with Gasteiger partial charge < -0.3 is 14.6 Å². The van der Waals surface area contributed by atoms with E-state index in [9.17, 15) is 18.3 Å². The molecule has 1 atom stereocenters. The number of aliphatic hydroxyl groups excluding tert-OH is 1. The Hall–Kier alpha value is -1.12. The molecule has 0 spiro atoms. The van der Waals surface area contributed by atoms with Crippen LogP contribution in [0.4, 0.5) is 13.2 Å². The molecule has 0 radical (unpaired) electrons. The van der Waals surface area contributed by atoms with Gasteiger partial charge >= 0.3 is 6.18 Å². The van der Waals surface area contributed by atoms with Gasteiger partial charge in [0.25, 0.3) is 0 Å². The maximum absolute atomic E-state index is 12.6. The molecule has 0 amide bonds. The molecule has 2 rings (SSSR count). The lowest BCUT2D eigenvalue weighted by Gasteiger charge is -2.34. The topological polar surface area (TPSA) is 44.5 Å². The van der Waals surface area contributed by atoms with Gasteiger partial charge in [0.05, 0.1) is 12.6 Å². The van der Waals surface area contributed by atoms with Gasteiger partial charge in [-0.2, -0.15) is 13.2 Å². The molecule has 0 unspecified atom stereocenters. The zero-order valence-corrected chi connectivity index (χ0v) is 14.3. The molecule has 1 N–H and O–H groups in total. The Balaban J connectivity index is 1.78. The monoisotopic (exact) mass is 348 g/mol. The number of nitrogens with zero attached hydrogens (tertiary/aromatic N) is 4. The summed E-state index contributed by atoms with van der Waals surface area (Å²) >= 11 is 0. The van der Waals surface area contributed by atoms with Gasteiger partial charge in [-0.05, 0) is 45.8 Å². The summed E-state index contributed by atoms with van der Waals surface area (Å²) in [5.74, 6) is 0.979. The highest BCUT2D eigenvalue weighted by Crippen LogP contribution is 2.20. The number of aromatic nitrogens is 2. The Kier molecular flexibility index (Phi) is 6.65. The third-order valence-corrected chi connectivity index (χ3v) is 4.36. The number of hydrogen-bond donors (Lipinski definition) is 1. The van der Waals surface area contributed by atoms with Crippen molar-refractivity contribution in [2.24, 2.45) is 5.92 Å². The summed E-state index contributed by atoms with van der Waals surface area (Å²) in [5.41, 5.74) is 0. The molecule has 138 valence electrons. The normalized spacial score (nSPS) is 19.1. The SMILES string of the molecule is C[C@H](O)CN1CCC(CN(C)Cc2nccn2CC(F)(F)F)CC1. The predicted molar refractivity (Wildman–Crippen MR) is 85.5 cm³/mol. The minimum atomic E-state index is -4.23. The summed E-state index contributed by atoms with van der Waals surface area (Å²) in [7, 11) is 1.93. The van der Waals surface area contributed by atoms with Crippen LogP contribution in [-0.2, 0) is 13.1 Å². The van der Waals surface area contributed by atoms with E-state index in [1.165, 1.54) is 17.0 Å². The third kappa shape index (κ3) is 6.41. The highest BCUT2D eigenvalue weighted by Gasteiger charge is 2.29. The lowest BCUT2D eigenvalue weighted by molar-refractivity contribution is -0.141. The number of alkyl halides is 3. The summed E-state index contributed by atoms with van der Waals surface area (Å²) in [4.78, 5) is 8.37. The number of likely N-dealkylation sites (tertiary alicyclic amines) is 1. The van der Waals surface area contributed by atoms with Crippen molar-refractivity contribution >= 4 is 0 Å². The van der Waals surface area contributed by atoms with E-state index in [0.717, 1.165) is 32.5 Å². The quantitative estimate of drug-likeness (QED) is 0.818. The molecule has 2 heterocycles. The maximum Gasteiger partial charge on any atom is 0.406 e. The first kappa shape index (κ1) is 19.2. The van der Waals surface area contributed by atoms with Crippen molar-refractivity contribution in [3.8, 4) is 0 Å². The molecule has 0 saturated carbocycles. The first-order valence-electron chi connectivity index (χ1n) is 8.38. The Morgan fingerprint density at radius 3 is 2.62 bits per heavy atom. The van der Waals surface area contributed by atoms with Gasteiger partial charge in [0.1, 0.15) is 12.4 Å². The molecule has 0 aliphatic carbocycles. The molecular weight excluding hydrogens is 321 g/mol. The van der Waals surface area contributed by atoms with E-state index in [1.807, 2.05) is 11.9 Å². The number of aliphatic hydroxyl groups is 1. The van der Waals surface area contributed by atoms with Crippen LogP contribution < -0.4 is 0 Å². The average Bonchev–Trinajstić information content (AvgIpc) is 2.85. The van der Waals surface area contributed by atoms with Crippen molar-refractivity contribution in [2.75, 3.05) is 33.2 Å². The number of halogens is 3. The van der Waals surface area contributed by atoms with Crippen molar-refractivity contribution in [2.45, 2.75) is 45.1 Å². The Labute approximate surface area is 141 Å². The molecule has 1 aliphatic heterocycles. The molecule has 24 heavy (non-hydrogen) atoms. The largest absolute Gasteiger partial charge is 0.406 e. The Morgan fingerprint density at radius 1 is 1.38 bits per heavy atom. The van der Waals surface area contributed by atoms with Crippen LogP contribution in [0.15, 0.2) is 12.4 Å². The fraction of sp³-hybridized carbons (Fsp3) is 0.812. The van der Waals surface area contributed by atoms with E-state index >= 15 is 0 Å². The second-order valence-corrected chi connectivity index (χ2v) is 6.88. The van der Waals surface area contributed by atoms with Crippen molar-refractivity contribution in [1.82, 2.24) is 19.4 Å². The zero-order valence-electron chi connectivity index (χ0n) is 14.3. The summed E-state index contributed by atoms with van der Waals surface area (Å²) in [5, 5.41) is 9.43. The predicted octanol–water partition coefficient (Wildman–Crippen LogP) is 1.97. The van der Waals surface area contributed by atoms with Gasteiger partial charge in [0.15, 0.2) is 0 Å². The van der Waals surface area contributed by atoms with Crippen molar-refractivity contribution < 1.29 is 18.3 Å². The van der Waals surface area contributed by atoms with Gasteiger partial charge in [-0.1, -0.05) is 0 Å². The second kappa shape index (κ2) is 8.31. The molecule has 1 aromatic heterocycles. The summed E-state index contributed by atoms with van der Waals surface area (Å²) in [6, 6.07) is 0. The molecule has 0 bridgehead atoms. The molecule has 1 fully saturated rings. The Morgan fingerprint density at radius 2 is 2.04 bits per heavy atom. The van der Waals surface area contributed by atoms with Gasteiger partial charge in [0, 0.05) is 25.5 Å². The van der Waals surface area contributed by atoms with E-state index in [-0.39, 0.29) is 6.10 Å².